The number of hydrogen-bond donors (Lipinski definition) is 0. The Hall–Kier alpha value is -2.16. The lowest BCUT2D eigenvalue weighted by molar-refractivity contribution is -0.139. The summed E-state index contributed by atoms with van der Waals surface area (Å²) in [6.07, 6.45) is 0. The molecule has 0 aliphatic heterocycles. The van der Waals surface area contributed by atoms with Crippen LogP contribution in [0.15, 0.2) is 14.6 Å². The minimum absolute atomic E-state index is 0.00973. The van der Waals surface area contributed by atoms with E-state index in [-0.39, 0.29) is 35.3 Å². The normalized spacial score (nSPS) is 11.2. The van der Waals surface area contributed by atoms with Crippen molar-refractivity contribution in [1.82, 2.24) is 19.1 Å². The fraction of sp³-hybridized carbons (Fsp3) is 0.533. The van der Waals surface area contributed by atoms with Gasteiger partial charge in [0.2, 0.25) is 0 Å². The Morgan fingerprint density at radius 1 is 1.21 bits per heavy atom. The zero-order valence-electron chi connectivity index (χ0n) is 14.3. The molecule has 0 bridgehead atoms. The molecule has 0 N–H and O–H groups in total. The quantitative estimate of drug-likeness (QED) is 0.446. The zero-order chi connectivity index (χ0) is 18.0. The van der Waals surface area contributed by atoms with E-state index in [1.54, 1.807) is 14.0 Å². The van der Waals surface area contributed by atoms with Crippen molar-refractivity contribution in [3.63, 3.8) is 0 Å². The van der Waals surface area contributed by atoms with Crippen LogP contribution in [0.25, 0.3) is 11.0 Å². The third-order valence-corrected chi connectivity index (χ3v) is 4.38. The average Bonchev–Trinajstić information content (AvgIpc) is 2.55. The number of carbonyl (C=O) groups excluding carboxylic acids is 1. The van der Waals surface area contributed by atoms with E-state index in [1.165, 1.54) is 11.6 Å². The van der Waals surface area contributed by atoms with Crippen molar-refractivity contribution in [2.75, 3.05) is 12.4 Å². The molecule has 0 unspecified atom stereocenters. The van der Waals surface area contributed by atoms with Gasteiger partial charge in [-0.2, -0.15) is 0 Å². The van der Waals surface area contributed by atoms with Gasteiger partial charge in [0, 0.05) is 20.0 Å². The predicted octanol–water partition coefficient (Wildman–Crippen LogP) is 0.806. The van der Waals surface area contributed by atoms with E-state index in [4.69, 9.17) is 4.74 Å². The number of nitrogens with zero attached hydrogens (tertiary/aromatic N) is 4. The molecule has 0 spiro atoms. The van der Waals surface area contributed by atoms with Crippen LogP contribution in [0.5, 0.6) is 0 Å². The molecular formula is C15H20N4O4S. The lowest BCUT2D eigenvalue weighted by Crippen LogP contribution is -2.38. The molecule has 0 aromatic carbocycles. The number of carbonyl (C=O) groups is 1. The highest BCUT2D eigenvalue weighted by Gasteiger charge is 2.19. The average molecular weight is 352 g/mol. The summed E-state index contributed by atoms with van der Waals surface area (Å²) >= 11 is 1.11. The molecule has 2 aromatic heterocycles. The highest BCUT2D eigenvalue weighted by molar-refractivity contribution is 8.00. The van der Waals surface area contributed by atoms with Crippen molar-refractivity contribution < 1.29 is 9.53 Å². The fourth-order valence-corrected chi connectivity index (χ4v) is 2.96. The first-order valence-corrected chi connectivity index (χ1v) is 8.52. The summed E-state index contributed by atoms with van der Waals surface area (Å²) < 4.78 is 7.24. The predicted molar refractivity (Wildman–Crippen MR) is 91.5 cm³/mol. The molecule has 2 rings (SSSR count). The number of rotatable bonds is 5. The molecule has 0 aliphatic rings. The third kappa shape index (κ3) is 3.35. The van der Waals surface area contributed by atoms with Gasteiger partial charge in [0.25, 0.3) is 5.56 Å². The van der Waals surface area contributed by atoms with E-state index >= 15 is 0 Å². The van der Waals surface area contributed by atoms with Crippen molar-refractivity contribution in [2.45, 2.75) is 31.7 Å². The summed E-state index contributed by atoms with van der Waals surface area (Å²) in [5.41, 5.74) is -0.662. The maximum atomic E-state index is 12.5. The molecule has 0 atom stereocenters. The summed E-state index contributed by atoms with van der Waals surface area (Å²) in [6.45, 7) is 5.85. The third-order valence-electron chi connectivity index (χ3n) is 3.43. The second kappa shape index (κ2) is 7.16. The van der Waals surface area contributed by atoms with Gasteiger partial charge in [-0.1, -0.05) is 25.6 Å². The fourth-order valence-electron chi connectivity index (χ4n) is 2.14. The topological polar surface area (TPSA) is 96.1 Å². The van der Waals surface area contributed by atoms with Gasteiger partial charge in [-0.3, -0.25) is 18.7 Å². The van der Waals surface area contributed by atoms with Crippen LogP contribution in [-0.2, 0) is 23.6 Å². The van der Waals surface area contributed by atoms with E-state index in [2.05, 4.69) is 9.97 Å². The van der Waals surface area contributed by atoms with Crippen molar-refractivity contribution in [3.8, 4) is 0 Å². The van der Waals surface area contributed by atoms with Crippen LogP contribution in [0.1, 0.15) is 32.5 Å². The first kappa shape index (κ1) is 18.2. The van der Waals surface area contributed by atoms with Crippen LogP contribution < -0.4 is 11.2 Å². The summed E-state index contributed by atoms with van der Waals surface area (Å²) in [4.78, 5) is 45.1. The lowest BCUT2D eigenvalue weighted by Gasteiger charge is -2.13. The molecule has 0 fully saturated rings. The molecule has 0 saturated heterocycles. The summed E-state index contributed by atoms with van der Waals surface area (Å²) in [6, 6.07) is 0. The number of fused-ring (bicyclic) bond motifs is 1. The molecule has 0 aliphatic carbocycles. The summed E-state index contributed by atoms with van der Waals surface area (Å²) in [5.74, 6) is 0.165. The van der Waals surface area contributed by atoms with Crippen LogP contribution >= 0.6 is 11.8 Å². The largest absolute Gasteiger partial charge is 0.465 e. The Morgan fingerprint density at radius 3 is 2.46 bits per heavy atom. The summed E-state index contributed by atoms with van der Waals surface area (Å²) in [5, 5.41) is 0.617. The standard InChI is InChI=1S/C15H20N4O4S/c1-6-23-9(20)7-24-13-10-12(16-11(17-13)8(2)3)18(4)15(22)19(5)14(10)21/h8H,6-7H2,1-5H3. The van der Waals surface area contributed by atoms with Gasteiger partial charge in [-0.15, -0.1) is 0 Å². The number of thioether (sulfide) groups is 1. The number of aromatic nitrogens is 4. The monoisotopic (exact) mass is 352 g/mol. The molecule has 0 radical (unpaired) electrons. The molecule has 2 heterocycles. The lowest BCUT2D eigenvalue weighted by atomic mass is 10.2. The van der Waals surface area contributed by atoms with Crippen LogP contribution in [-0.4, -0.2) is 37.4 Å². The molecule has 9 heteroatoms. The molecule has 24 heavy (non-hydrogen) atoms. The first-order valence-electron chi connectivity index (χ1n) is 7.54. The Labute approximate surface area is 142 Å². The van der Waals surface area contributed by atoms with Crippen molar-refractivity contribution in [1.29, 1.82) is 0 Å². The van der Waals surface area contributed by atoms with Crippen LogP contribution in [0.4, 0.5) is 0 Å². The SMILES string of the molecule is CCOC(=O)CSc1nc(C(C)C)nc2c1c(=O)n(C)c(=O)n2C. The van der Waals surface area contributed by atoms with Crippen molar-refractivity contribution >= 4 is 28.8 Å². The smallest absolute Gasteiger partial charge is 0.332 e. The van der Waals surface area contributed by atoms with E-state index < -0.39 is 11.2 Å². The first-order chi connectivity index (χ1) is 11.3. The maximum Gasteiger partial charge on any atom is 0.332 e. The summed E-state index contributed by atoms with van der Waals surface area (Å²) in [7, 11) is 2.96. The highest BCUT2D eigenvalue weighted by atomic mass is 32.2. The van der Waals surface area contributed by atoms with Crippen LogP contribution in [0.3, 0.4) is 0 Å². The second-order valence-corrected chi connectivity index (χ2v) is 6.50. The van der Waals surface area contributed by atoms with E-state index in [0.717, 1.165) is 16.3 Å². The number of esters is 1. The van der Waals surface area contributed by atoms with E-state index in [0.29, 0.717) is 10.9 Å². The number of aryl methyl sites for hydroxylation is 1. The van der Waals surface area contributed by atoms with Gasteiger partial charge in [0.15, 0.2) is 5.65 Å². The second-order valence-electron chi connectivity index (χ2n) is 5.54. The van der Waals surface area contributed by atoms with Gasteiger partial charge >= 0.3 is 11.7 Å². The highest BCUT2D eigenvalue weighted by Crippen LogP contribution is 2.24. The Balaban J connectivity index is 2.69. The van der Waals surface area contributed by atoms with Crippen LogP contribution in [0.2, 0.25) is 0 Å². The van der Waals surface area contributed by atoms with E-state index in [9.17, 15) is 14.4 Å². The van der Waals surface area contributed by atoms with E-state index in [1.807, 2.05) is 13.8 Å². The van der Waals surface area contributed by atoms with Gasteiger partial charge in [0.1, 0.15) is 16.2 Å². The van der Waals surface area contributed by atoms with Crippen molar-refractivity contribution in [2.24, 2.45) is 14.1 Å². The van der Waals surface area contributed by atoms with Gasteiger partial charge in [0.05, 0.1) is 12.4 Å². The Morgan fingerprint density at radius 2 is 1.88 bits per heavy atom. The minimum Gasteiger partial charge on any atom is -0.465 e. The molecule has 0 saturated carbocycles. The van der Waals surface area contributed by atoms with Gasteiger partial charge in [-0.25, -0.2) is 14.8 Å². The van der Waals surface area contributed by atoms with Crippen molar-refractivity contribution in [3.05, 3.63) is 26.7 Å². The molecule has 130 valence electrons. The van der Waals surface area contributed by atoms with Crippen LogP contribution in [0, 0.1) is 0 Å². The Kier molecular flexibility index (Phi) is 5.43. The Bertz CT molecular complexity index is 901. The molecule has 2 aromatic rings. The van der Waals surface area contributed by atoms with Gasteiger partial charge < -0.3 is 4.74 Å². The molecular weight excluding hydrogens is 332 g/mol. The number of hydrogen-bond acceptors (Lipinski definition) is 7. The molecule has 8 nitrogen and oxygen atoms in total. The van der Waals surface area contributed by atoms with Gasteiger partial charge in [-0.05, 0) is 6.92 Å². The molecule has 0 amide bonds. The minimum atomic E-state index is -0.477. The number of ether oxygens (including phenoxy) is 1. The maximum absolute atomic E-state index is 12.5. The zero-order valence-corrected chi connectivity index (χ0v) is 15.1.